The quantitative estimate of drug-likeness (QED) is 0.678. The van der Waals surface area contributed by atoms with Crippen molar-refractivity contribution < 1.29 is 13.7 Å². The number of benzene rings is 1. The molecule has 1 N–H and O–H groups in total. The lowest BCUT2D eigenvalue weighted by Gasteiger charge is -2.30. The second kappa shape index (κ2) is 9.75. The van der Waals surface area contributed by atoms with Crippen LogP contribution in [0.5, 0.6) is 0 Å². The van der Waals surface area contributed by atoms with Crippen LogP contribution in [0.3, 0.4) is 0 Å². The molecule has 5 nitrogen and oxygen atoms in total. The van der Waals surface area contributed by atoms with Crippen LogP contribution in [0.15, 0.2) is 61.3 Å². The van der Waals surface area contributed by atoms with Crippen molar-refractivity contribution in [3.8, 4) is 0 Å². The SMILES string of the molecule is C=C(c1ccccc1)[C@H](C(=O)OCC)[C@H](N[S@@](=O)C(C)(C)C)c1ccccn1. The lowest BCUT2D eigenvalue weighted by Crippen LogP contribution is -2.41. The first kappa shape index (κ1) is 22.0. The molecule has 2 aromatic rings. The molecule has 0 saturated carbocycles. The number of pyridine rings is 1. The Morgan fingerprint density at radius 3 is 2.36 bits per heavy atom. The summed E-state index contributed by atoms with van der Waals surface area (Å²) in [6.45, 7) is 11.8. The average Bonchev–Trinajstić information content (AvgIpc) is 2.68. The van der Waals surface area contributed by atoms with Crippen LogP contribution in [0.1, 0.15) is 45.0 Å². The summed E-state index contributed by atoms with van der Waals surface area (Å²) in [4.78, 5) is 17.4. The highest BCUT2D eigenvalue weighted by Crippen LogP contribution is 2.34. The Morgan fingerprint density at radius 2 is 1.82 bits per heavy atom. The molecule has 28 heavy (non-hydrogen) atoms. The third-order valence-corrected chi connectivity index (χ3v) is 5.77. The van der Waals surface area contributed by atoms with Crippen LogP contribution in [0, 0.1) is 5.92 Å². The van der Waals surface area contributed by atoms with E-state index in [9.17, 15) is 9.00 Å². The lowest BCUT2D eigenvalue weighted by molar-refractivity contribution is -0.146. The van der Waals surface area contributed by atoms with Gasteiger partial charge in [-0.3, -0.25) is 9.78 Å². The summed E-state index contributed by atoms with van der Waals surface area (Å²) in [5.74, 6) is -1.20. The first-order chi connectivity index (χ1) is 13.3. The van der Waals surface area contributed by atoms with Crippen LogP contribution in [0.4, 0.5) is 0 Å². The molecule has 0 unspecified atom stereocenters. The zero-order chi connectivity index (χ0) is 20.7. The van der Waals surface area contributed by atoms with E-state index in [1.165, 1.54) is 0 Å². The maximum atomic E-state index is 13.0. The third kappa shape index (κ3) is 5.59. The maximum Gasteiger partial charge on any atom is 0.315 e. The van der Waals surface area contributed by atoms with Gasteiger partial charge in [-0.25, -0.2) is 8.93 Å². The number of hydrogen-bond donors (Lipinski definition) is 1. The number of hydrogen-bond acceptors (Lipinski definition) is 4. The Labute approximate surface area is 169 Å². The van der Waals surface area contributed by atoms with Gasteiger partial charge in [0.1, 0.15) is 5.92 Å². The number of carbonyl (C=O) groups is 1. The Morgan fingerprint density at radius 1 is 1.18 bits per heavy atom. The highest BCUT2D eigenvalue weighted by molar-refractivity contribution is 7.84. The lowest BCUT2D eigenvalue weighted by atomic mass is 9.86. The van der Waals surface area contributed by atoms with Gasteiger partial charge in [0, 0.05) is 6.20 Å². The smallest absolute Gasteiger partial charge is 0.315 e. The van der Waals surface area contributed by atoms with Crippen LogP contribution in [-0.2, 0) is 20.5 Å². The number of nitrogens with zero attached hydrogens (tertiary/aromatic N) is 1. The Bertz CT molecular complexity index is 817. The second-order valence-corrected chi connectivity index (χ2v) is 9.35. The molecule has 0 saturated heterocycles. The van der Waals surface area contributed by atoms with Crippen molar-refractivity contribution in [3.05, 3.63) is 72.6 Å². The minimum absolute atomic E-state index is 0.245. The third-order valence-electron chi connectivity index (χ3n) is 4.19. The van der Waals surface area contributed by atoms with E-state index in [1.807, 2.05) is 63.2 Å². The molecule has 0 aliphatic carbocycles. The second-order valence-electron chi connectivity index (χ2n) is 7.35. The summed E-state index contributed by atoms with van der Waals surface area (Å²) in [5.41, 5.74) is 2.02. The molecule has 0 radical (unpaired) electrons. The van der Waals surface area contributed by atoms with Crippen molar-refractivity contribution in [2.75, 3.05) is 6.61 Å². The first-order valence-corrected chi connectivity index (χ1v) is 10.4. The van der Waals surface area contributed by atoms with E-state index in [-0.39, 0.29) is 6.61 Å². The van der Waals surface area contributed by atoms with Gasteiger partial charge in [0.2, 0.25) is 0 Å². The van der Waals surface area contributed by atoms with E-state index >= 15 is 0 Å². The molecule has 3 atom stereocenters. The van der Waals surface area contributed by atoms with Crippen LogP contribution in [-0.4, -0.2) is 26.5 Å². The molecule has 1 aromatic carbocycles. The molecule has 0 spiro atoms. The summed E-state index contributed by atoms with van der Waals surface area (Å²) in [7, 11) is -1.42. The first-order valence-electron chi connectivity index (χ1n) is 9.25. The number of nitrogens with one attached hydrogen (secondary N) is 1. The fourth-order valence-corrected chi connectivity index (χ4v) is 3.54. The van der Waals surface area contributed by atoms with Crippen LogP contribution >= 0.6 is 0 Å². The number of ether oxygens (including phenoxy) is 1. The number of esters is 1. The Hall–Kier alpha value is -2.31. The standard InChI is InChI=1S/C22H28N2O3S/c1-6-27-21(25)19(16(2)17-12-8-7-9-13-17)20(18-14-10-11-15-23-18)24-28(26)22(3,4)5/h7-15,19-20,24H,2,6H2,1,3-5H3/t19-,20+,28-/m0/s1. The van der Waals surface area contributed by atoms with Gasteiger partial charge < -0.3 is 4.74 Å². The van der Waals surface area contributed by atoms with Crippen LogP contribution < -0.4 is 4.72 Å². The molecule has 150 valence electrons. The van der Waals surface area contributed by atoms with Gasteiger partial charge in [-0.2, -0.15) is 0 Å². The molecule has 1 heterocycles. The normalized spacial score (nSPS) is 14.7. The van der Waals surface area contributed by atoms with Gasteiger partial charge in [-0.05, 0) is 51.0 Å². The zero-order valence-corrected chi connectivity index (χ0v) is 17.7. The molecule has 1 aromatic heterocycles. The summed E-state index contributed by atoms with van der Waals surface area (Å²) in [5, 5.41) is 0. The van der Waals surface area contributed by atoms with E-state index in [4.69, 9.17) is 4.74 Å². The molecule has 2 rings (SSSR count). The van der Waals surface area contributed by atoms with E-state index in [2.05, 4.69) is 16.3 Å². The van der Waals surface area contributed by atoms with Crippen molar-refractivity contribution in [3.63, 3.8) is 0 Å². The predicted octanol–water partition coefficient (Wildman–Crippen LogP) is 4.07. The van der Waals surface area contributed by atoms with Gasteiger partial charge >= 0.3 is 5.97 Å². The van der Waals surface area contributed by atoms with E-state index < -0.39 is 33.7 Å². The molecule has 0 fully saturated rings. The van der Waals surface area contributed by atoms with Crippen molar-refractivity contribution in [2.45, 2.75) is 38.5 Å². The molecular weight excluding hydrogens is 372 g/mol. The monoisotopic (exact) mass is 400 g/mol. The summed E-state index contributed by atoms with van der Waals surface area (Å²) in [6, 6.07) is 14.3. The molecule has 0 aliphatic heterocycles. The zero-order valence-electron chi connectivity index (χ0n) is 16.8. The molecule has 0 aliphatic rings. The van der Waals surface area contributed by atoms with Gasteiger partial charge in [-0.1, -0.05) is 43.0 Å². The maximum absolute atomic E-state index is 13.0. The Kier molecular flexibility index (Phi) is 7.66. The summed E-state index contributed by atoms with van der Waals surface area (Å²) < 4.78 is 20.8. The van der Waals surface area contributed by atoms with E-state index in [1.54, 1.807) is 19.2 Å². The average molecular weight is 401 g/mol. The molecular formula is C22H28N2O3S. The molecule has 0 bridgehead atoms. The topological polar surface area (TPSA) is 68.3 Å². The molecule has 6 heteroatoms. The van der Waals surface area contributed by atoms with Crippen molar-refractivity contribution in [1.29, 1.82) is 0 Å². The summed E-state index contributed by atoms with van der Waals surface area (Å²) >= 11 is 0. The number of carbonyl (C=O) groups excluding carboxylic acids is 1. The number of rotatable bonds is 8. The van der Waals surface area contributed by atoms with Crippen molar-refractivity contribution in [2.24, 2.45) is 5.92 Å². The van der Waals surface area contributed by atoms with Gasteiger partial charge in [0.05, 0.1) is 34.1 Å². The fourth-order valence-electron chi connectivity index (χ4n) is 2.69. The number of aromatic nitrogens is 1. The van der Waals surface area contributed by atoms with Gasteiger partial charge in [-0.15, -0.1) is 0 Å². The minimum Gasteiger partial charge on any atom is -0.465 e. The van der Waals surface area contributed by atoms with Crippen molar-refractivity contribution >= 4 is 22.5 Å². The van der Waals surface area contributed by atoms with Gasteiger partial charge in [0.15, 0.2) is 0 Å². The fraction of sp³-hybridized carbons (Fsp3) is 0.364. The van der Waals surface area contributed by atoms with Gasteiger partial charge in [0.25, 0.3) is 0 Å². The van der Waals surface area contributed by atoms with E-state index in [0.29, 0.717) is 11.3 Å². The Balaban J connectivity index is 2.52. The predicted molar refractivity (Wildman–Crippen MR) is 114 cm³/mol. The summed E-state index contributed by atoms with van der Waals surface area (Å²) in [6.07, 6.45) is 1.65. The van der Waals surface area contributed by atoms with Crippen LogP contribution in [0.25, 0.3) is 5.57 Å². The van der Waals surface area contributed by atoms with Crippen LogP contribution in [0.2, 0.25) is 0 Å². The van der Waals surface area contributed by atoms with Crippen molar-refractivity contribution in [1.82, 2.24) is 9.71 Å². The molecule has 0 amide bonds. The van der Waals surface area contributed by atoms with E-state index in [0.717, 1.165) is 5.56 Å². The highest BCUT2D eigenvalue weighted by Gasteiger charge is 2.37. The highest BCUT2D eigenvalue weighted by atomic mass is 32.2. The largest absolute Gasteiger partial charge is 0.465 e. The minimum atomic E-state index is -1.42.